The maximum Gasteiger partial charge on any atom is 0.213 e. The predicted molar refractivity (Wildman–Crippen MR) is 50.4 cm³/mol. The normalized spacial score (nSPS) is 15.1. The highest BCUT2D eigenvalue weighted by Gasteiger charge is 2.14. The monoisotopic (exact) mass is 194 g/mol. The Balaban J connectivity index is 3.96. The molecule has 0 aliphatic rings. The first-order valence-electron chi connectivity index (χ1n) is 4.09. The quantitative estimate of drug-likeness (QED) is 0.670. The van der Waals surface area contributed by atoms with E-state index < -0.39 is 10.0 Å². The molecule has 0 saturated carbocycles. The van der Waals surface area contributed by atoms with Gasteiger partial charge in [0.25, 0.3) is 0 Å². The molecule has 0 fully saturated rings. The fourth-order valence-corrected chi connectivity index (χ4v) is 1.57. The topological polar surface area (TPSA) is 63.4 Å². The lowest BCUT2D eigenvalue weighted by Crippen LogP contribution is -2.32. The molecule has 5 heteroatoms. The summed E-state index contributed by atoms with van der Waals surface area (Å²) in [6, 6.07) is 0.0551. The molecule has 4 nitrogen and oxygen atoms in total. The fraction of sp³-hybridized carbons (Fsp3) is 1.00. The molecule has 0 radical (unpaired) electrons. The summed E-state index contributed by atoms with van der Waals surface area (Å²) in [7, 11) is -1.43. The number of hydrogen-bond donors (Lipinski definition) is 1. The number of nitrogens with two attached hydrogens (primary N) is 1. The van der Waals surface area contributed by atoms with Crippen LogP contribution in [0, 0.1) is 0 Å². The van der Waals surface area contributed by atoms with E-state index in [1.54, 1.807) is 14.0 Å². The van der Waals surface area contributed by atoms with Gasteiger partial charge >= 0.3 is 0 Å². The minimum Gasteiger partial charge on any atom is -0.328 e. The SMILES string of the molecule is CCS(=O)(=O)N(C)CCC(C)N. The van der Waals surface area contributed by atoms with E-state index >= 15 is 0 Å². The van der Waals surface area contributed by atoms with Gasteiger partial charge in [-0.2, -0.15) is 0 Å². The van der Waals surface area contributed by atoms with Gasteiger partial charge in [-0.15, -0.1) is 0 Å². The summed E-state index contributed by atoms with van der Waals surface area (Å²) in [5.74, 6) is 0.155. The molecule has 0 aromatic rings. The van der Waals surface area contributed by atoms with Gasteiger partial charge in [-0.1, -0.05) is 0 Å². The number of nitrogens with zero attached hydrogens (tertiary/aromatic N) is 1. The van der Waals surface area contributed by atoms with Crippen LogP contribution < -0.4 is 5.73 Å². The Morgan fingerprint density at radius 2 is 2.00 bits per heavy atom. The number of sulfonamides is 1. The number of rotatable bonds is 5. The standard InChI is InChI=1S/C7H18N2O2S/c1-4-12(10,11)9(3)6-5-7(2)8/h7H,4-6,8H2,1-3H3. The first-order chi connectivity index (χ1) is 5.40. The van der Waals surface area contributed by atoms with E-state index in [-0.39, 0.29) is 11.8 Å². The molecule has 0 aromatic carbocycles. The lowest BCUT2D eigenvalue weighted by molar-refractivity contribution is 0.447. The van der Waals surface area contributed by atoms with Crippen molar-refractivity contribution in [3.8, 4) is 0 Å². The van der Waals surface area contributed by atoms with Crippen LogP contribution in [0.5, 0.6) is 0 Å². The molecule has 0 bridgehead atoms. The van der Waals surface area contributed by atoms with Crippen molar-refractivity contribution in [3.63, 3.8) is 0 Å². The molecule has 0 rings (SSSR count). The first-order valence-corrected chi connectivity index (χ1v) is 5.70. The summed E-state index contributed by atoms with van der Waals surface area (Å²) in [4.78, 5) is 0. The van der Waals surface area contributed by atoms with Gasteiger partial charge in [0.2, 0.25) is 10.0 Å². The minimum atomic E-state index is -3.02. The van der Waals surface area contributed by atoms with E-state index in [1.165, 1.54) is 4.31 Å². The molecule has 0 amide bonds. The van der Waals surface area contributed by atoms with Crippen molar-refractivity contribution in [2.24, 2.45) is 5.73 Å². The van der Waals surface area contributed by atoms with Crippen LogP contribution in [0.4, 0.5) is 0 Å². The van der Waals surface area contributed by atoms with Gasteiger partial charge in [0.05, 0.1) is 5.75 Å². The van der Waals surface area contributed by atoms with Crippen molar-refractivity contribution >= 4 is 10.0 Å². The molecule has 74 valence electrons. The van der Waals surface area contributed by atoms with E-state index in [9.17, 15) is 8.42 Å². The van der Waals surface area contributed by atoms with E-state index in [2.05, 4.69) is 0 Å². The Morgan fingerprint density at radius 3 is 2.33 bits per heavy atom. The summed E-state index contributed by atoms with van der Waals surface area (Å²) in [6.07, 6.45) is 0.704. The maximum absolute atomic E-state index is 11.2. The largest absolute Gasteiger partial charge is 0.328 e. The van der Waals surface area contributed by atoms with Crippen molar-refractivity contribution in [2.45, 2.75) is 26.3 Å². The van der Waals surface area contributed by atoms with E-state index in [1.807, 2.05) is 6.92 Å². The van der Waals surface area contributed by atoms with Crippen molar-refractivity contribution < 1.29 is 8.42 Å². The molecule has 2 N–H and O–H groups in total. The van der Waals surface area contributed by atoms with Crippen molar-refractivity contribution in [1.82, 2.24) is 4.31 Å². The molecule has 0 spiro atoms. The van der Waals surface area contributed by atoms with Crippen LogP contribution in [0.3, 0.4) is 0 Å². The predicted octanol–water partition coefficient (Wildman–Crippen LogP) is 0.00520. The fourth-order valence-electron chi connectivity index (χ4n) is 0.745. The maximum atomic E-state index is 11.2. The third-order valence-electron chi connectivity index (χ3n) is 1.74. The molecular weight excluding hydrogens is 176 g/mol. The summed E-state index contributed by atoms with van der Waals surface area (Å²) in [5, 5.41) is 0. The summed E-state index contributed by atoms with van der Waals surface area (Å²) in [6.45, 7) is 4.01. The van der Waals surface area contributed by atoms with Gasteiger partial charge < -0.3 is 5.73 Å². The third kappa shape index (κ3) is 4.04. The van der Waals surface area contributed by atoms with Crippen LogP contribution >= 0.6 is 0 Å². The Bertz CT molecular complexity index is 211. The van der Waals surface area contributed by atoms with Gasteiger partial charge in [0.15, 0.2) is 0 Å². The molecule has 0 aliphatic carbocycles. The third-order valence-corrected chi connectivity index (χ3v) is 3.60. The molecule has 1 atom stereocenters. The Morgan fingerprint density at radius 1 is 1.50 bits per heavy atom. The smallest absolute Gasteiger partial charge is 0.213 e. The number of hydrogen-bond acceptors (Lipinski definition) is 3. The van der Waals surface area contributed by atoms with Crippen LogP contribution in [0.2, 0.25) is 0 Å². The van der Waals surface area contributed by atoms with Crippen molar-refractivity contribution in [1.29, 1.82) is 0 Å². The molecule has 12 heavy (non-hydrogen) atoms. The average molecular weight is 194 g/mol. The summed E-state index contributed by atoms with van der Waals surface area (Å²) < 4.78 is 23.8. The molecule has 0 heterocycles. The van der Waals surface area contributed by atoms with Gasteiger partial charge in [-0.05, 0) is 20.3 Å². The minimum absolute atomic E-state index is 0.0551. The van der Waals surface area contributed by atoms with E-state index in [0.29, 0.717) is 13.0 Å². The highest BCUT2D eigenvalue weighted by molar-refractivity contribution is 7.89. The van der Waals surface area contributed by atoms with Gasteiger partial charge in [-0.3, -0.25) is 0 Å². The van der Waals surface area contributed by atoms with Crippen LogP contribution in [-0.2, 0) is 10.0 Å². The highest BCUT2D eigenvalue weighted by atomic mass is 32.2. The molecule has 0 aromatic heterocycles. The second-order valence-corrected chi connectivity index (χ2v) is 5.35. The lowest BCUT2D eigenvalue weighted by Gasteiger charge is -2.16. The van der Waals surface area contributed by atoms with Gasteiger partial charge in [-0.25, -0.2) is 12.7 Å². The van der Waals surface area contributed by atoms with Crippen LogP contribution in [-0.4, -0.2) is 38.1 Å². The van der Waals surface area contributed by atoms with Crippen LogP contribution in [0.25, 0.3) is 0 Å². The molecular formula is C7H18N2O2S. The zero-order valence-electron chi connectivity index (χ0n) is 7.95. The Labute approximate surface area is 74.8 Å². The highest BCUT2D eigenvalue weighted by Crippen LogP contribution is 1.99. The van der Waals surface area contributed by atoms with Crippen molar-refractivity contribution in [2.75, 3.05) is 19.3 Å². The van der Waals surface area contributed by atoms with Gasteiger partial charge in [0.1, 0.15) is 0 Å². The van der Waals surface area contributed by atoms with Crippen LogP contribution in [0.15, 0.2) is 0 Å². The van der Waals surface area contributed by atoms with E-state index in [4.69, 9.17) is 5.73 Å². The zero-order chi connectivity index (χ0) is 9.78. The van der Waals surface area contributed by atoms with Crippen LogP contribution in [0.1, 0.15) is 20.3 Å². The van der Waals surface area contributed by atoms with Gasteiger partial charge in [0, 0.05) is 19.6 Å². The molecule has 1 unspecified atom stereocenters. The van der Waals surface area contributed by atoms with Crippen molar-refractivity contribution in [3.05, 3.63) is 0 Å². The Kier molecular flexibility index (Phi) is 4.74. The summed E-state index contributed by atoms with van der Waals surface area (Å²) in [5.41, 5.74) is 5.50. The zero-order valence-corrected chi connectivity index (χ0v) is 8.76. The average Bonchev–Trinajstić information content (AvgIpc) is 2.00. The Hall–Kier alpha value is -0.130. The van der Waals surface area contributed by atoms with E-state index in [0.717, 1.165) is 0 Å². The molecule has 0 aliphatic heterocycles. The lowest BCUT2D eigenvalue weighted by atomic mass is 10.2. The summed E-state index contributed by atoms with van der Waals surface area (Å²) >= 11 is 0. The molecule has 0 saturated heterocycles. The second-order valence-electron chi connectivity index (χ2n) is 2.99. The second kappa shape index (κ2) is 4.79. The first kappa shape index (κ1) is 11.9.